The molecule has 1 aliphatic heterocycles. The molecular formula is C14H19N3. The van der Waals surface area contributed by atoms with E-state index in [1.54, 1.807) is 6.33 Å². The number of nitrogens with zero attached hydrogens (tertiary/aromatic N) is 3. The van der Waals surface area contributed by atoms with Crippen LogP contribution in [0.2, 0.25) is 0 Å². The van der Waals surface area contributed by atoms with Gasteiger partial charge in [-0.3, -0.25) is 0 Å². The summed E-state index contributed by atoms with van der Waals surface area (Å²) in [5.74, 6) is 1.64. The van der Waals surface area contributed by atoms with Crippen LogP contribution >= 0.6 is 0 Å². The van der Waals surface area contributed by atoms with Gasteiger partial charge < -0.3 is 4.90 Å². The molecule has 0 spiro atoms. The van der Waals surface area contributed by atoms with E-state index in [0.29, 0.717) is 5.92 Å². The maximum Gasteiger partial charge on any atom is 0.136 e. The Balaban J connectivity index is 1.99. The summed E-state index contributed by atoms with van der Waals surface area (Å²) >= 11 is 0. The summed E-state index contributed by atoms with van der Waals surface area (Å²) in [7, 11) is 0. The van der Waals surface area contributed by atoms with E-state index in [1.165, 1.54) is 36.3 Å². The highest BCUT2D eigenvalue weighted by molar-refractivity contribution is 5.54. The molecule has 17 heavy (non-hydrogen) atoms. The van der Waals surface area contributed by atoms with E-state index < -0.39 is 0 Å². The molecule has 0 aromatic carbocycles. The molecule has 1 aromatic heterocycles. The number of hydrogen-bond acceptors (Lipinski definition) is 3. The Bertz CT molecular complexity index is 421. The SMILES string of the molecule is C=CC1CCc2ncnc(N3CCCCC3)c21. The number of aryl methyl sites for hydroxylation is 1. The van der Waals surface area contributed by atoms with Gasteiger partial charge in [0.05, 0.1) is 0 Å². The van der Waals surface area contributed by atoms with Gasteiger partial charge in [-0.1, -0.05) is 6.08 Å². The highest BCUT2D eigenvalue weighted by atomic mass is 15.2. The van der Waals surface area contributed by atoms with Crippen LogP contribution in [0.3, 0.4) is 0 Å². The van der Waals surface area contributed by atoms with Crippen molar-refractivity contribution in [3.8, 4) is 0 Å². The lowest BCUT2D eigenvalue weighted by atomic mass is 10.0. The maximum absolute atomic E-state index is 4.54. The molecule has 0 saturated carbocycles. The molecule has 1 aromatic rings. The monoisotopic (exact) mass is 229 g/mol. The Morgan fingerprint density at radius 1 is 1.24 bits per heavy atom. The molecule has 3 rings (SSSR count). The van der Waals surface area contributed by atoms with Crippen LogP contribution in [0.5, 0.6) is 0 Å². The van der Waals surface area contributed by atoms with Crippen LogP contribution in [0.15, 0.2) is 19.0 Å². The van der Waals surface area contributed by atoms with Crippen molar-refractivity contribution in [1.82, 2.24) is 9.97 Å². The predicted molar refractivity (Wildman–Crippen MR) is 69.4 cm³/mol. The van der Waals surface area contributed by atoms with Gasteiger partial charge in [-0.15, -0.1) is 6.58 Å². The van der Waals surface area contributed by atoms with Gasteiger partial charge in [-0.2, -0.15) is 0 Å². The number of fused-ring (bicyclic) bond motifs is 1. The second kappa shape index (κ2) is 4.47. The summed E-state index contributed by atoms with van der Waals surface area (Å²) < 4.78 is 0. The average molecular weight is 229 g/mol. The van der Waals surface area contributed by atoms with Crippen molar-refractivity contribution in [2.75, 3.05) is 18.0 Å². The highest BCUT2D eigenvalue weighted by Crippen LogP contribution is 2.38. The van der Waals surface area contributed by atoms with Crippen molar-refractivity contribution in [1.29, 1.82) is 0 Å². The minimum Gasteiger partial charge on any atom is -0.356 e. The quantitative estimate of drug-likeness (QED) is 0.730. The van der Waals surface area contributed by atoms with Crippen LogP contribution in [0.1, 0.15) is 42.9 Å². The Morgan fingerprint density at radius 2 is 2.06 bits per heavy atom. The molecule has 1 atom stereocenters. The third-order valence-electron chi connectivity index (χ3n) is 3.95. The topological polar surface area (TPSA) is 29.0 Å². The lowest BCUT2D eigenvalue weighted by molar-refractivity contribution is 0.570. The first-order valence-corrected chi connectivity index (χ1v) is 6.61. The largest absolute Gasteiger partial charge is 0.356 e. The summed E-state index contributed by atoms with van der Waals surface area (Å²) in [6.45, 7) is 6.25. The standard InChI is InChI=1S/C14H19N3/c1-2-11-6-7-12-13(11)14(16-10-15-12)17-8-4-3-5-9-17/h2,10-11H,1,3-9H2. The zero-order valence-corrected chi connectivity index (χ0v) is 10.2. The van der Waals surface area contributed by atoms with Gasteiger partial charge >= 0.3 is 0 Å². The van der Waals surface area contributed by atoms with Crippen LogP contribution < -0.4 is 4.90 Å². The number of piperidine rings is 1. The van der Waals surface area contributed by atoms with Gasteiger partial charge in [0, 0.05) is 30.3 Å². The fraction of sp³-hybridized carbons (Fsp3) is 0.571. The van der Waals surface area contributed by atoms with Crippen LogP contribution in [-0.2, 0) is 6.42 Å². The van der Waals surface area contributed by atoms with Crippen LogP contribution in [0, 0.1) is 0 Å². The van der Waals surface area contributed by atoms with Crippen molar-refractivity contribution in [2.24, 2.45) is 0 Å². The zero-order valence-electron chi connectivity index (χ0n) is 10.2. The van der Waals surface area contributed by atoms with Gasteiger partial charge in [-0.25, -0.2) is 9.97 Å². The first kappa shape index (κ1) is 10.8. The molecule has 1 saturated heterocycles. The molecule has 1 fully saturated rings. The van der Waals surface area contributed by atoms with E-state index in [4.69, 9.17) is 0 Å². The van der Waals surface area contributed by atoms with E-state index >= 15 is 0 Å². The van der Waals surface area contributed by atoms with Gasteiger partial charge in [0.25, 0.3) is 0 Å². The average Bonchev–Trinajstić information content (AvgIpc) is 2.82. The molecule has 0 amide bonds. The van der Waals surface area contributed by atoms with Crippen LogP contribution in [0.4, 0.5) is 5.82 Å². The molecule has 2 aliphatic rings. The number of aromatic nitrogens is 2. The minimum atomic E-state index is 0.461. The predicted octanol–water partition coefficient (Wildman–Crippen LogP) is 2.68. The Labute approximate surface area is 103 Å². The molecule has 1 aliphatic carbocycles. The molecule has 0 N–H and O–H groups in total. The smallest absolute Gasteiger partial charge is 0.136 e. The molecule has 1 unspecified atom stereocenters. The molecule has 0 bridgehead atoms. The molecule has 90 valence electrons. The second-order valence-corrected chi connectivity index (χ2v) is 4.99. The van der Waals surface area contributed by atoms with Gasteiger partial charge in [0.2, 0.25) is 0 Å². The van der Waals surface area contributed by atoms with E-state index in [0.717, 1.165) is 25.9 Å². The van der Waals surface area contributed by atoms with E-state index in [-0.39, 0.29) is 0 Å². The molecule has 3 nitrogen and oxygen atoms in total. The maximum atomic E-state index is 4.54. The third-order valence-corrected chi connectivity index (χ3v) is 3.95. The number of allylic oxidation sites excluding steroid dienone is 1. The Morgan fingerprint density at radius 3 is 2.82 bits per heavy atom. The van der Waals surface area contributed by atoms with Crippen molar-refractivity contribution < 1.29 is 0 Å². The normalized spacial score (nSPS) is 23.5. The number of rotatable bonds is 2. The van der Waals surface area contributed by atoms with Crippen molar-refractivity contribution >= 4 is 5.82 Å². The van der Waals surface area contributed by atoms with Gasteiger partial charge in [-0.05, 0) is 32.1 Å². The molecule has 0 radical (unpaired) electrons. The fourth-order valence-corrected chi connectivity index (χ4v) is 3.03. The first-order chi connectivity index (χ1) is 8.40. The fourth-order valence-electron chi connectivity index (χ4n) is 3.03. The lowest BCUT2D eigenvalue weighted by Gasteiger charge is -2.29. The van der Waals surface area contributed by atoms with E-state index in [1.807, 2.05) is 0 Å². The van der Waals surface area contributed by atoms with Gasteiger partial charge in [0.1, 0.15) is 12.1 Å². The van der Waals surface area contributed by atoms with Gasteiger partial charge in [0.15, 0.2) is 0 Å². The molecule has 3 heteroatoms. The van der Waals surface area contributed by atoms with Crippen molar-refractivity contribution in [2.45, 2.75) is 38.0 Å². The molecular weight excluding hydrogens is 210 g/mol. The van der Waals surface area contributed by atoms with Crippen LogP contribution in [0.25, 0.3) is 0 Å². The van der Waals surface area contributed by atoms with Crippen molar-refractivity contribution in [3.05, 3.63) is 30.2 Å². The first-order valence-electron chi connectivity index (χ1n) is 6.61. The summed E-state index contributed by atoms with van der Waals surface area (Å²) in [6.07, 6.45) is 9.95. The zero-order chi connectivity index (χ0) is 11.7. The number of anilines is 1. The summed E-state index contributed by atoms with van der Waals surface area (Å²) in [5, 5.41) is 0. The van der Waals surface area contributed by atoms with E-state index in [9.17, 15) is 0 Å². The Kier molecular flexibility index (Phi) is 2.83. The summed E-state index contributed by atoms with van der Waals surface area (Å²) in [6, 6.07) is 0. The van der Waals surface area contributed by atoms with Crippen LogP contribution in [-0.4, -0.2) is 23.1 Å². The second-order valence-electron chi connectivity index (χ2n) is 4.99. The Hall–Kier alpha value is -1.38. The van der Waals surface area contributed by atoms with E-state index in [2.05, 4.69) is 27.5 Å². The van der Waals surface area contributed by atoms with Crippen molar-refractivity contribution in [3.63, 3.8) is 0 Å². The highest BCUT2D eigenvalue weighted by Gasteiger charge is 2.28. The lowest BCUT2D eigenvalue weighted by Crippen LogP contribution is -2.31. The third kappa shape index (κ3) is 1.84. The number of hydrogen-bond donors (Lipinski definition) is 0. The summed E-state index contributed by atoms with van der Waals surface area (Å²) in [5.41, 5.74) is 2.59. The summed E-state index contributed by atoms with van der Waals surface area (Å²) in [4.78, 5) is 11.4. The molecule has 2 heterocycles. The minimum absolute atomic E-state index is 0.461.